The zero-order chi connectivity index (χ0) is 10.1. The second-order valence-electron chi connectivity index (χ2n) is 1.97. The monoisotopic (exact) mass is 179 g/mol. The maximum atomic E-state index is 10.5. The smallest absolute Gasteiger partial charge is 0.296 e. The number of hydrogen-bond donors (Lipinski definition) is 1. The Morgan fingerprint density at radius 1 is 1.46 bits per heavy atom. The third-order valence-electron chi connectivity index (χ3n) is 1.09. The lowest BCUT2D eigenvalue weighted by atomic mass is 10.2. The van der Waals surface area contributed by atoms with Crippen molar-refractivity contribution in [3.8, 4) is 6.07 Å². The summed E-state index contributed by atoms with van der Waals surface area (Å²) in [4.78, 5) is 14.0. The molecule has 0 aromatic heterocycles. The van der Waals surface area contributed by atoms with Crippen molar-refractivity contribution in [3.05, 3.63) is 35.9 Å². The highest BCUT2D eigenvalue weighted by molar-refractivity contribution is 5.88. The summed E-state index contributed by atoms with van der Waals surface area (Å²) in [5.74, 6) is -0.736. The molecule has 4 nitrogen and oxygen atoms in total. The van der Waals surface area contributed by atoms with Crippen LogP contribution in [0.2, 0.25) is 0 Å². The third kappa shape index (κ3) is 4.56. The second-order valence-corrected chi connectivity index (χ2v) is 1.97. The van der Waals surface area contributed by atoms with E-state index < -0.39 is 5.97 Å². The molecule has 0 heterocycles. The molecular weight excluding hydrogens is 170 g/mol. The van der Waals surface area contributed by atoms with Crippen molar-refractivity contribution in [3.63, 3.8) is 0 Å². The Bertz CT molecular complexity index is 289. The molecule has 0 atom stereocenters. The molecule has 0 fully saturated rings. The molecule has 0 saturated heterocycles. The van der Waals surface area contributed by atoms with Gasteiger partial charge in [0.25, 0.3) is 0 Å². The van der Waals surface area contributed by atoms with E-state index in [1.165, 1.54) is 6.92 Å². The highest BCUT2D eigenvalue weighted by Gasteiger charge is 2.02. The fourth-order valence-electron chi connectivity index (χ4n) is 0.627. The molecule has 0 saturated carbocycles. The van der Waals surface area contributed by atoms with Crippen LogP contribution in [0.4, 0.5) is 0 Å². The summed E-state index contributed by atoms with van der Waals surface area (Å²) in [6, 6.07) is 10.0. The SMILES string of the molecule is CC#N.O=C(OO)c1ccccc1. The van der Waals surface area contributed by atoms with Crippen molar-refractivity contribution in [2.45, 2.75) is 6.92 Å². The van der Waals surface area contributed by atoms with Gasteiger partial charge in [-0.25, -0.2) is 4.79 Å². The van der Waals surface area contributed by atoms with Gasteiger partial charge >= 0.3 is 5.97 Å². The number of hydrogen-bond acceptors (Lipinski definition) is 4. The van der Waals surface area contributed by atoms with E-state index in [4.69, 9.17) is 10.5 Å². The molecule has 0 amide bonds. The molecule has 68 valence electrons. The first-order chi connectivity index (χ1) is 6.26. The number of rotatable bonds is 1. The molecule has 0 aliphatic carbocycles. The Hall–Kier alpha value is -1.86. The average molecular weight is 179 g/mol. The molecule has 0 aliphatic rings. The van der Waals surface area contributed by atoms with E-state index in [0.717, 1.165) is 0 Å². The molecule has 0 unspecified atom stereocenters. The Balaban J connectivity index is 0.000000424. The van der Waals surface area contributed by atoms with E-state index in [1.54, 1.807) is 36.4 Å². The molecule has 0 aliphatic heterocycles. The number of carbonyl (C=O) groups excluding carboxylic acids is 1. The van der Waals surface area contributed by atoms with Gasteiger partial charge in [-0.2, -0.15) is 10.5 Å². The van der Waals surface area contributed by atoms with Crippen molar-refractivity contribution in [1.82, 2.24) is 0 Å². The zero-order valence-corrected chi connectivity index (χ0v) is 7.10. The van der Waals surface area contributed by atoms with Gasteiger partial charge in [0.05, 0.1) is 11.6 Å². The van der Waals surface area contributed by atoms with E-state index in [2.05, 4.69) is 4.89 Å². The lowest BCUT2D eigenvalue weighted by Gasteiger charge is -1.92. The first kappa shape index (κ1) is 11.1. The summed E-state index contributed by atoms with van der Waals surface area (Å²) in [6.45, 7) is 1.43. The number of benzene rings is 1. The van der Waals surface area contributed by atoms with E-state index in [1.807, 2.05) is 0 Å². The van der Waals surface area contributed by atoms with Gasteiger partial charge in [-0.3, -0.25) is 4.89 Å². The standard InChI is InChI=1S/C7H6O3.C2H3N/c8-7(10-9)6-4-2-1-3-5-6;1-2-3/h1-5,9H;1H3. The predicted molar refractivity (Wildman–Crippen MR) is 45.8 cm³/mol. The molecule has 0 radical (unpaired) electrons. The molecule has 0 bridgehead atoms. The molecule has 4 heteroatoms. The molecule has 1 aromatic carbocycles. The van der Waals surface area contributed by atoms with E-state index in [9.17, 15) is 4.79 Å². The molecule has 1 rings (SSSR count). The number of carbonyl (C=O) groups is 1. The lowest BCUT2D eigenvalue weighted by molar-refractivity contribution is -0.182. The van der Waals surface area contributed by atoms with Gasteiger partial charge in [-0.05, 0) is 12.1 Å². The number of nitriles is 1. The van der Waals surface area contributed by atoms with Gasteiger partial charge in [-0.1, -0.05) is 18.2 Å². The highest BCUT2D eigenvalue weighted by atomic mass is 17.1. The van der Waals surface area contributed by atoms with Crippen LogP contribution in [0.15, 0.2) is 30.3 Å². The topological polar surface area (TPSA) is 70.3 Å². The van der Waals surface area contributed by atoms with Crippen LogP contribution >= 0.6 is 0 Å². The first-order valence-corrected chi connectivity index (χ1v) is 3.48. The Labute approximate surface area is 75.9 Å². The molecule has 1 N–H and O–H groups in total. The summed E-state index contributed by atoms with van der Waals surface area (Å²) in [6.07, 6.45) is 0. The lowest BCUT2D eigenvalue weighted by Crippen LogP contribution is -2.00. The third-order valence-corrected chi connectivity index (χ3v) is 1.09. The van der Waals surface area contributed by atoms with Crippen molar-refractivity contribution < 1.29 is 14.9 Å². The van der Waals surface area contributed by atoms with Gasteiger partial charge in [0, 0.05) is 6.92 Å². The van der Waals surface area contributed by atoms with Crippen LogP contribution in [-0.4, -0.2) is 11.2 Å². The van der Waals surface area contributed by atoms with E-state index >= 15 is 0 Å². The van der Waals surface area contributed by atoms with Crippen LogP contribution in [0.1, 0.15) is 17.3 Å². The Kier molecular flexibility index (Phi) is 5.85. The molecule has 0 spiro atoms. The van der Waals surface area contributed by atoms with Crippen LogP contribution in [0.3, 0.4) is 0 Å². The molecule has 13 heavy (non-hydrogen) atoms. The van der Waals surface area contributed by atoms with Crippen molar-refractivity contribution in [1.29, 1.82) is 5.26 Å². The van der Waals surface area contributed by atoms with Crippen molar-refractivity contribution >= 4 is 5.97 Å². The maximum absolute atomic E-state index is 10.5. The van der Waals surface area contributed by atoms with E-state index in [-0.39, 0.29) is 0 Å². The van der Waals surface area contributed by atoms with Gasteiger partial charge < -0.3 is 0 Å². The zero-order valence-electron chi connectivity index (χ0n) is 7.10. The first-order valence-electron chi connectivity index (χ1n) is 3.48. The predicted octanol–water partition coefficient (Wildman–Crippen LogP) is 1.85. The second kappa shape index (κ2) is 6.83. The summed E-state index contributed by atoms with van der Waals surface area (Å²) in [5, 5.41) is 15.3. The maximum Gasteiger partial charge on any atom is 0.372 e. The van der Waals surface area contributed by atoms with Crippen molar-refractivity contribution in [2.75, 3.05) is 0 Å². The largest absolute Gasteiger partial charge is 0.372 e. The summed E-state index contributed by atoms with van der Waals surface area (Å²) >= 11 is 0. The Morgan fingerprint density at radius 3 is 2.31 bits per heavy atom. The van der Waals surface area contributed by atoms with Gasteiger partial charge in [0.1, 0.15) is 0 Å². The minimum atomic E-state index is -0.736. The number of nitrogens with zero attached hydrogens (tertiary/aromatic N) is 1. The van der Waals surface area contributed by atoms with E-state index in [0.29, 0.717) is 5.56 Å². The normalized spacial score (nSPS) is 7.46. The highest BCUT2D eigenvalue weighted by Crippen LogP contribution is 1.98. The van der Waals surface area contributed by atoms with Crippen LogP contribution in [0.5, 0.6) is 0 Å². The van der Waals surface area contributed by atoms with Crippen LogP contribution in [0.25, 0.3) is 0 Å². The van der Waals surface area contributed by atoms with Gasteiger partial charge in [-0.15, -0.1) is 0 Å². The summed E-state index contributed by atoms with van der Waals surface area (Å²) in [7, 11) is 0. The fraction of sp³-hybridized carbons (Fsp3) is 0.111. The van der Waals surface area contributed by atoms with Crippen LogP contribution in [-0.2, 0) is 4.89 Å². The quantitative estimate of drug-likeness (QED) is 0.527. The summed E-state index contributed by atoms with van der Waals surface area (Å²) < 4.78 is 0. The summed E-state index contributed by atoms with van der Waals surface area (Å²) in [5.41, 5.74) is 0.338. The molecule has 1 aromatic rings. The van der Waals surface area contributed by atoms with Crippen molar-refractivity contribution in [2.24, 2.45) is 0 Å². The fourth-order valence-corrected chi connectivity index (χ4v) is 0.627. The van der Waals surface area contributed by atoms with Crippen LogP contribution < -0.4 is 0 Å². The molecular formula is C9H9NO3. The minimum absolute atomic E-state index is 0.338. The van der Waals surface area contributed by atoms with Gasteiger partial charge in [0.15, 0.2) is 0 Å². The minimum Gasteiger partial charge on any atom is -0.296 e. The van der Waals surface area contributed by atoms with Gasteiger partial charge in [0.2, 0.25) is 0 Å². The van der Waals surface area contributed by atoms with Crippen LogP contribution in [0, 0.1) is 11.3 Å². The Morgan fingerprint density at radius 2 is 1.92 bits per heavy atom. The average Bonchev–Trinajstić information content (AvgIpc) is 2.19.